The van der Waals surface area contributed by atoms with Crippen LogP contribution >= 0.6 is 0 Å². The molecule has 0 saturated carbocycles. The summed E-state index contributed by atoms with van der Waals surface area (Å²) in [6, 6.07) is 10.7. The molecule has 0 radical (unpaired) electrons. The lowest BCUT2D eigenvalue weighted by Gasteiger charge is -2.10. The van der Waals surface area contributed by atoms with Gasteiger partial charge in [-0.1, -0.05) is 25.5 Å². The fourth-order valence-corrected chi connectivity index (χ4v) is 3.38. The van der Waals surface area contributed by atoms with E-state index in [1.54, 1.807) is 12.1 Å². The number of aromatic nitrogens is 1. The molecular formula is C25H26F3NO5. The molecule has 0 atom stereocenters. The number of aliphatic carboxylic acids is 1. The van der Waals surface area contributed by atoms with Crippen LogP contribution in [0.25, 0.3) is 11.5 Å². The Morgan fingerprint density at radius 1 is 1.12 bits per heavy atom. The van der Waals surface area contributed by atoms with Gasteiger partial charge in [0.2, 0.25) is 5.89 Å². The number of oxazole rings is 1. The third kappa shape index (κ3) is 7.26. The zero-order valence-electron chi connectivity index (χ0n) is 18.9. The minimum atomic E-state index is -4.75. The van der Waals surface area contributed by atoms with Crippen LogP contribution in [-0.4, -0.2) is 29.0 Å². The molecule has 182 valence electrons. The van der Waals surface area contributed by atoms with Crippen LogP contribution < -0.4 is 9.47 Å². The second-order valence-corrected chi connectivity index (χ2v) is 7.83. The van der Waals surface area contributed by atoms with E-state index in [2.05, 4.69) is 16.6 Å². The first kappa shape index (κ1) is 25.1. The van der Waals surface area contributed by atoms with Gasteiger partial charge in [0.15, 0.2) is 0 Å². The first-order chi connectivity index (χ1) is 16.1. The standard InChI is InChI=1S/C25H26F3NO5/c1-3-4-5-21-20(12-13-32-22-14-17(15-23(30)31)7-6-16(22)2)29-24(33-21)18-8-10-19(11-9-18)34-25(26,27)28/h6-11,14H,3-5,12-13,15H2,1-2H3,(H,30,31). The second kappa shape index (κ2) is 11.1. The molecule has 0 aliphatic heterocycles. The number of unbranched alkanes of at least 4 members (excludes halogenated alkanes) is 1. The quantitative estimate of drug-likeness (QED) is 0.357. The number of benzene rings is 2. The zero-order valence-corrected chi connectivity index (χ0v) is 18.9. The first-order valence-corrected chi connectivity index (χ1v) is 10.9. The summed E-state index contributed by atoms with van der Waals surface area (Å²) in [6.07, 6.45) is -1.84. The second-order valence-electron chi connectivity index (χ2n) is 7.83. The monoisotopic (exact) mass is 477 g/mol. The van der Waals surface area contributed by atoms with Crippen molar-refractivity contribution in [3.63, 3.8) is 0 Å². The molecule has 0 aliphatic rings. The van der Waals surface area contributed by atoms with Crippen molar-refractivity contribution in [2.75, 3.05) is 6.61 Å². The predicted octanol–water partition coefficient (Wildman–Crippen LogP) is 6.14. The van der Waals surface area contributed by atoms with Crippen LogP contribution in [-0.2, 0) is 24.1 Å². The van der Waals surface area contributed by atoms with E-state index in [4.69, 9.17) is 14.3 Å². The zero-order chi connectivity index (χ0) is 24.7. The van der Waals surface area contributed by atoms with E-state index in [-0.39, 0.29) is 12.2 Å². The maximum atomic E-state index is 12.4. The lowest BCUT2D eigenvalue weighted by molar-refractivity contribution is -0.274. The molecule has 0 amide bonds. The van der Waals surface area contributed by atoms with Crippen molar-refractivity contribution < 1.29 is 37.0 Å². The summed E-state index contributed by atoms with van der Waals surface area (Å²) in [6.45, 7) is 4.25. The lowest BCUT2D eigenvalue weighted by atomic mass is 10.1. The maximum Gasteiger partial charge on any atom is 0.573 e. The molecule has 1 N–H and O–H groups in total. The molecule has 9 heteroatoms. The van der Waals surface area contributed by atoms with Gasteiger partial charge in [-0.05, 0) is 54.8 Å². The van der Waals surface area contributed by atoms with Crippen molar-refractivity contribution in [3.05, 3.63) is 65.0 Å². The number of carboxylic acids is 1. The van der Waals surface area contributed by atoms with Crippen molar-refractivity contribution in [2.24, 2.45) is 0 Å². The van der Waals surface area contributed by atoms with Crippen molar-refractivity contribution in [1.29, 1.82) is 0 Å². The number of rotatable bonds is 11. The summed E-state index contributed by atoms with van der Waals surface area (Å²) in [7, 11) is 0. The highest BCUT2D eigenvalue weighted by molar-refractivity contribution is 5.70. The van der Waals surface area contributed by atoms with Gasteiger partial charge in [0.1, 0.15) is 17.3 Å². The molecule has 1 aromatic heterocycles. The molecule has 0 saturated heterocycles. The van der Waals surface area contributed by atoms with E-state index < -0.39 is 12.3 Å². The van der Waals surface area contributed by atoms with Gasteiger partial charge in [0.05, 0.1) is 18.7 Å². The molecule has 0 aliphatic carbocycles. The number of hydrogen-bond acceptors (Lipinski definition) is 5. The van der Waals surface area contributed by atoms with E-state index in [1.807, 2.05) is 13.0 Å². The predicted molar refractivity (Wildman–Crippen MR) is 119 cm³/mol. The Morgan fingerprint density at radius 2 is 1.85 bits per heavy atom. The fourth-order valence-electron chi connectivity index (χ4n) is 3.38. The summed E-state index contributed by atoms with van der Waals surface area (Å²) in [5.74, 6) is 0.413. The van der Waals surface area contributed by atoms with Gasteiger partial charge < -0.3 is 19.0 Å². The van der Waals surface area contributed by atoms with Crippen LogP contribution in [0.1, 0.15) is 42.3 Å². The van der Waals surface area contributed by atoms with Gasteiger partial charge in [0.25, 0.3) is 0 Å². The Hall–Kier alpha value is -3.49. The first-order valence-electron chi connectivity index (χ1n) is 10.9. The van der Waals surface area contributed by atoms with E-state index in [1.165, 1.54) is 24.3 Å². The van der Waals surface area contributed by atoms with Crippen LogP contribution in [0.15, 0.2) is 46.9 Å². The molecule has 6 nitrogen and oxygen atoms in total. The summed E-state index contributed by atoms with van der Waals surface area (Å²) in [4.78, 5) is 15.5. The fraction of sp³-hybridized carbons (Fsp3) is 0.360. The lowest BCUT2D eigenvalue weighted by Crippen LogP contribution is -2.16. The topological polar surface area (TPSA) is 81.8 Å². The van der Waals surface area contributed by atoms with Gasteiger partial charge in [-0.15, -0.1) is 13.2 Å². The average molecular weight is 477 g/mol. The molecule has 3 rings (SSSR count). The van der Waals surface area contributed by atoms with Gasteiger partial charge >= 0.3 is 12.3 Å². The summed E-state index contributed by atoms with van der Waals surface area (Å²) in [5.41, 5.74) is 2.80. The molecule has 0 bridgehead atoms. The normalized spacial score (nSPS) is 11.4. The number of aryl methyl sites for hydroxylation is 2. The molecule has 1 heterocycles. The molecule has 0 fully saturated rings. The molecule has 0 unspecified atom stereocenters. The van der Waals surface area contributed by atoms with Crippen LogP contribution in [0.2, 0.25) is 0 Å². The summed E-state index contributed by atoms with van der Waals surface area (Å²) < 4.78 is 52.9. The van der Waals surface area contributed by atoms with Crippen molar-refractivity contribution >= 4 is 5.97 Å². The molecule has 0 spiro atoms. The van der Waals surface area contributed by atoms with Crippen LogP contribution in [0.4, 0.5) is 13.2 Å². The number of nitrogens with zero attached hydrogens (tertiary/aromatic N) is 1. The van der Waals surface area contributed by atoms with Crippen LogP contribution in [0, 0.1) is 6.92 Å². The molecule has 34 heavy (non-hydrogen) atoms. The highest BCUT2D eigenvalue weighted by Crippen LogP contribution is 2.28. The Kier molecular flexibility index (Phi) is 8.20. The minimum absolute atomic E-state index is 0.0861. The van der Waals surface area contributed by atoms with E-state index >= 15 is 0 Å². The SMILES string of the molecule is CCCCc1oc(-c2ccc(OC(F)(F)F)cc2)nc1CCOc1cc(CC(=O)O)ccc1C. The smallest absolute Gasteiger partial charge is 0.493 e. The third-order valence-electron chi connectivity index (χ3n) is 5.07. The number of carbonyl (C=O) groups is 1. The van der Waals surface area contributed by atoms with Crippen molar-refractivity contribution in [3.8, 4) is 23.0 Å². The Labute approximate surface area is 195 Å². The molecule has 3 aromatic rings. The number of hydrogen-bond donors (Lipinski definition) is 1. The van der Waals surface area contributed by atoms with Gasteiger partial charge in [-0.25, -0.2) is 4.98 Å². The highest BCUT2D eigenvalue weighted by atomic mass is 19.4. The molecular weight excluding hydrogens is 451 g/mol. The number of halogens is 3. The summed E-state index contributed by atoms with van der Waals surface area (Å²) in [5, 5.41) is 9.00. The van der Waals surface area contributed by atoms with Crippen molar-refractivity contribution in [1.82, 2.24) is 4.98 Å². The van der Waals surface area contributed by atoms with Crippen molar-refractivity contribution in [2.45, 2.75) is 52.3 Å². The largest absolute Gasteiger partial charge is 0.573 e. The van der Waals surface area contributed by atoms with E-state index in [9.17, 15) is 18.0 Å². The van der Waals surface area contributed by atoms with Gasteiger partial charge in [-0.2, -0.15) is 0 Å². The summed E-state index contributed by atoms with van der Waals surface area (Å²) >= 11 is 0. The number of alkyl halides is 3. The van der Waals surface area contributed by atoms with Crippen LogP contribution in [0.3, 0.4) is 0 Å². The maximum absolute atomic E-state index is 12.4. The number of carboxylic acid groups (broad SMARTS) is 1. The van der Waals surface area contributed by atoms with Gasteiger partial charge in [-0.3, -0.25) is 4.79 Å². The Bertz CT molecular complexity index is 1110. The average Bonchev–Trinajstić information content (AvgIpc) is 3.16. The van der Waals surface area contributed by atoms with E-state index in [0.29, 0.717) is 48.0 Å². The minimum Gasteiger partial charge on any atom is -0.493 e. The Balaban J connectivity index is 1.72. The van der Waals surface area contributed by atoms with E-state index in [0.717, 1.165) is 24.1 Å². The Morgan fingerprint density at radius 3 is 2.50 bits per heavy atom. The van der Waals surface area contributed by atoms with Crippen LogP contribution in [0.5, 0.6) is 11.5 Å². The molecule has 2 aromatic carbocycles. The van der Waals surface area contributed by atoms with Gasteiger partial charge in [0, 0.05) is 18.4 Å². The highest BCUT2D eigenvalue weighted by Gasteiger charge is 2.31. The number of ether oxygens (including phenoxy) is 2. The third-order valence-corrected chi connectivity index (χ3v) is 5.07.